The summed E-state index contributed by atoms with van der Waals surface area (Å²) in [4.78, 5) is 23.4. The van der Waals surface area contributed by atoms with Gasteiger partial charge in [-0.2, -0.15) is 0 Å². The minimum atomic E-state index is -0.458. The lowest BCUT2D eigenvalue weighted by Gasteiger charge is -2.11. The Hall–Kier alpha value is -3.02. The van der Waals surface area contributed by atoms with Crippen LogP contribution in [-0.4, -0.2) is 25.0 Å². The number of amides is 2. The quantitative estimate of drug-likeness (QED) is 0.713. The summed E-state index contributed by atoms with van der Waals surface area (Å²) >= 11 is 0. The van der Waals surface area contributed by atoms with Crippen molar-refractivity contribution in [2.24, 2.45) is 0 Å². The number of benzene rings is 2. The van der Waals surface area contributed by atoms with Gasteiger partial charge in [0.25, 0.3) is 11.8 Å². The van der Waals surface area contributed by atoms with Crippen molar-refractivity contribution in [3.63, 3.8) is 0 Å². The van der Waals surface area contributed by atoms with Gasteiger partial charge in [0.15, 0.2) is 13.2 Å². The van der Waals surface area contributed by atoms with Crippen LogP contribution in [0.5, 0.6) is 11.5 Å². The SMILES string of the molecule is CCC(C)c1ccc(OCC(=O)NNC(=O)COc2ccccc2)cc1. The molecule has 0 radical (unpaired) electrons. The van der Waals surface area contributed by atoms with Crippen molar-refractivity contribution >= 4 is 11.8 Å². The largest absolute Gasteiger partial charge is 0.484 e. The monoisotopic (exact) mass is 356 g/mol. The number of carbonyl (C=O) groups excluding carboxylic acids is 2. The number of rotatable bonds is 8. The molecule has 2 rings (SSSR count). The highest BCUT2D eigenvalue weighted by Gasteiger charge is 2.07. The summed E-state index contributed by atoms with van der Waals surface area (Å²) in [7, 11) is 0. The Balaban J connectivity index is 1.66. The molecule has 0 saturated carbocycles. The average Bonchev–Trinajstić information content (AvgIpc) is 2.69. The van der Waals surface area contributed by atoms with E-state index in [0.29, 0.717) is 17.4 Å². The van der Waals surface area contributed by atoms with Crippen molar-refractivity contribution in [2.45, 2.75) is 26.2 Å². The molecule has 2 aromatic carbocycles. The second-order valence-corrected chi connectivity index (χ2v) is 5.87. The van der Waals surface area contributed by atoms with E-state index in [9.17, 15) is 9.59 Å². The van der Waals surface area contributed by atoms with E-state index in [1.54, 1.807) is 12.1 Å². The zero-order valence-corrected chi connectivity index (χ0v) is 15.0. The molecule has 0 fully saturated rings. The van der Waals surface area contributed by atoms with Gasteiger partial charge in [-0.15, -0.1) is 0 Å². The minimum Gasteiger partial charge on any atom is -0.484 e. The first-order valence-corrected chi connectivity index (χ1v) is 8.56. The van der Waals surface area contributed by atoms with Crippen LogP contribution in [0.15, 0.2) is 54.6 Å². The molecule has 1 atom stereocenters. The average molecular weight is 356 g/mol. The van der Waals surface area contributed by atoms with Crippen molar-refractivity contribution in [1.82, 2.24) is 10.9 Å². The van der Waals surface area contributed by atoms with Gasteiger partial charge in [-0.3, -0.25) is 20.4 Å². The first kappa shape index (κ1) is 19.3. The van der Waals surface area contributed by atoms with Crippen LogP contribution < -0.4 is 20.3 Å². The Kier molecular flexibility index (Phi) is 7.49. The van der Waals surface area contributed by atoms with Crippen LogP contribution >= 0.6 is 0 Å². The van der Waals surface area contributed by atoms with Gasteiger partial charge in [0.2, 0.25) is 0 Å². The van der Waals surface area contributed by atoms with Crippen LogP contribution in [-0.2, 0) is 9.59 Å². The summed E-state index contributed by atoms with van der Waals surface area (Å²) in [6, 6.07) is 16.6. The summed E-state index contributed by atoms with van der Waals surface area (Å²) in [6.07, 6.45) is 1.07. The number of ether oxygens (including phenoxy) is 2. The van der Waals surface area contributed by atoms with Gasteiger partial charge < -0.3 is 9.47 Å². The first-order valence-electron chi connectivity index (χ1n) is 8.56. The van der Waals surface area contributed by atoms with E-state index >= 15 is 0 Å². The molecule has 2 amide bonds. The van der Waals surface area contributed by atoms with Crippen LogP contribution in [0.25, 0.3) is 0 Å². The fraction of sp³-hybridized carbons (Fsp3) is 0.300. The molecule has 1 unspecified atom stereocenters. The standard InChI is InChI=1S/C20H24N2O4/c1-3-15(2)16-9-11-18(12-10-16)26-14-20(24)22-21-19(23)13-25-17-7-5-4-6-8-17/h4-12,15H,3,13-14H2,1-2H3,(H,21,23)(H,22,24). The van der Waals surface area contributed by atoms with Crippen molar-refractivity contribution in [1.29, 1.82) is 0 Å². The summed E-state index contributed by atoms with van der Waals surface area (Å²) in [5, 5.41) is 0. The molecule has 0 bridgehead atoms. The highest BCUT2D eigenvalue weighted by Crippen LogP contribution is 2.21. The maximum absolute atomic E-state index is 11.7. The zero-order valence-electron chi connectivity index (χ0n) is 15.0. The van der Waals surface area contributed by atoms with Crippen LogP contribution in [0.3, 0.4) is 0 Å². The molecular weight excluding hydrogens is 332 g/mol. The number of nitrogens with one attached hydrogen (secondary N) is 2. The lowest BCUT2D eigenvalue weighted by molar-refractivity contribution is -0.131. The molecule has 26 heavy (non-hydrogen) atoms. The van der Waals surface area contributed by atoms with E-state index in [4.69, 9.17) is 9.47 Å². The van der Waals surface area contributed by atoms with Crippen molar-refractivity contribution in [3.05, 3.63) is 60.2 Å². The number of para-hydroxylation sites is 1. The van der Waals surface area contributed by atoms with E-state index in [-0.39, 0.29) is 13.2 Å². The molecule has 2 aromatic rings. The zero-order chi connectivity index (χ0) is 18.8. The van der Waals surface area contributed by atoms with Gasteiger partial charge in [0.05, 0.1) is 0 Å². The van der Waals surface area contributed by atoms with E-state index in [2.05, 4.69) is 24.7 Å². The fourth-order valence-corrected chi connectivity index (χ4v) is 2.15. The van der Waals surface area contributed by atoms with E-state index in [1.165, 1.54) is 5.56 Å². The Morgan fingerprint density at radius 3 is 1.85 bits per heavy atom. The number of carbonyl (C=O) groups is 2. The highest BCUT2D eigenvalue weighted by atomic mass is 16.5. The van der Waals surface area contributed by atoms with Crippen LogP contribution in [0.2, 0.25) is 0 Å². The van der Waals surface area contributed by atoms with Gasteiger partial charge in [0.1, 0.15) is 11.5 Å². The molecule has 0 aromatic heterocycles. The number of hydrazine groups is 1. The lowest BCUT2D eigenvalue weighted by Crippen LogP contribution is -2.45. The summed E-state index contributed by atoms with van der Waals surface area (Å²) < 4.78 is 10.7. The lowest BCUT2D eigenvalue weighted by atomic mass is 9.99. The third kappa shape index (κ3) is 6.47. The summed E-state index contributed by atoms with van der Waals surface area (Å²) in [6.45, 7) is 3.91. The molecule has 0 aliphatic rings. The number of hydrogen-bond donors (Lipinski definition) is 2. The summed E-state index contributed by atoms with van der Waals surface area (Å²) in [5.74, 6) is 0.758. The first-order chi connectivity index (χ1) is 12.6. The molecule has 6 nitrogen and oxygen atoms in total. The predicted octanol–water partition coefficient (Wildman–Crippen LogP) is 2.81. The van der Waals surface area contributed by atoms with Gasteiger partial charge in [-0.1, -0.05) is 44.2 Å². The van der Waals surface area contributed by atoms with Crippen LogP contribution in [0.1, 0.15) is 31.7 Å². The molecule has 0 aliphatic heterocycles. The topological polar surface area (TPSA) is 76.7 Å². The highest BCUT2D eigenvalue weighted by molar-refractivity contribution is 5.83. The van der Waals surface area contributed by atoms with E-state index in [0.717, 1.165) is 6.42 Å². The predicted molar refractivity (Wildman–Crippen MR) is 98.9 cm³/mol. The van der Waals surface area contributed by atoms with Gasteiger partial charge >= 0.3 is 0 Å². The van der Waals surface area contributed by atoms with Crippen molar-refractivity contribution in [2.75, 3.05) is 13.2 Å². The Morgan fingerprint density at radius 1 is 0.846 bits per heavy atom. The molecule has 0 heterocycles. The maximum atomic E-state index is 11.7. The van der Waals surface area contributed by atoms with Gasteiger partial charge in [0, 0.05) is 0 Å². The third-order valence-electron chi connectivity index (χ3n) is 3.89. The normalized spacial score (nSPS) is 11.3. The van der Waals surface area contributed by atoms with Crippen LogP contribution in [0.4, 0.5) is 0 Å². The van der Waals surface area contributed by atoms with Gasteiger partial charge in [-0.05, 0) is 42.2 Å². The second kappa shape index (κ2) is 10.1. The van der Waals surface area contributed by atoms with Crippen molar-refractivity contribution < 1.29 is 19.1 Å². The Bertz CT molecular complexity index is 702. The Labute approximate surface area is 153 Å². The minimum absolute atomic E-state index is 0.192. The summed E-state index contributed by atoms with van der Waals surface area (Å²) in [5.41, 5.74) is 5.79. The Morgan fingerprint density at radius 2 is 1.35 bits per heavy atom. The maximum Gasteiger partial charge on any atom is 0.276 e. The number of hydrogen-bond acceptors (Lipinski definition) is 4. The molecule has 6 heteroatoms. The second-order valence-electron chi connectivity index (χ2n) is 5.87. The molecule has 0 spiro atoms. The smallest absolute Gasteiger partial charge is 0.276 e. The van der Waals surface area contributed by atoms with E-state index in [1.807, 2.05) is 42.5 Å². The molecule has 2 N–H and O–H groups in total. The molecular formula is C20H24N2O4. The third-order valence-corrected chi connectivity index (χ3v) is 3.89. The van der Waals surface area contributed by atoms with Gasteiger partial charge in [-0.25, -0.2) is 0 Å². The fourth-order valence-electron chi connectivity index (χ4n) is 2.15. The molecule has 0 aliphatic carbocycles. The molecule has 138 valence electrons. The van der Waals surface area contributed by atoms with Crippen molar-refractivity contribution in [3.8, 4) is 11.5 Å². The molecule has 0 saturated heterocycles. The van der Waals surface area contributed by atoms with Crippen LogP contribution in [0, 0.1) is 0 Å². The van der Waals surface area contributed by atoms with E-state index < -0.39 is 11.8 Å².